The normalized spacial score (nSPS) is 19.5. The molecule has 0 spiro atoms. The number of fused-ring (bicyclic) bond motifs is 1. The fraction of sp³-hybridized carbons (Fsp3) is 0.265. The topological polar surface area (TPSA) is 176 Å². The number of imidazole rings is 1. The summed E-state index contributed by atoms with van der Waals surface area (Å²) in [6.45, 7) is 1.65. The van der Waals surface area contributed by atoms with E-state index >= 15 is 0 Å². The third-order valence-electron chi connectivity index (χ3n) is 9.37. The first-order chi connectivity index (χ1) is 23.3. The molecule has 2 aromatic heterocycles. The lowest BCUT2D eigenvalue weighted by molar-refractivity contribution is -0.125. The van der Waals surface area contributed by atoms with Gasteiger partial charge >= 0.3 is 0 Å². The summed E-state index contributed by atoms with van der Waals surface area (Å²) < 4.78 is 15.9. The minimum Gasteiger partial charge on any atom is -0.366 e. The molecule has 2 fully saturated rings. The van der Waals surface area contributed by atoms with Crippen molar-refractivity contribution in [2.24, 2.45) is 5.73 Å². The zero-order valence-electron chi connectivity index (χ0n) is 25.9. The maximum atomic E-state index is 14.4. The van der Waals surface area contributed by atoms with Crippen LogP contribution in [0.1, 0.15) is 70.3 Å². The molecule has 248 valence electrons. The lowest BCUT2D eigenvalue weighted by atomic mass is 9.91. The molecule has 2 aromatic carbocycles. The SMILES string of the molecule is C[C@@]1(Cc2ccc(C#N)cc2)C(=O)N(c2cc(Cl)c(F)c(Cl)c2)c2ncc(C(=O)NC3(C(=O)NC4(c5ccc(C(N)=O)cn5)CC4)CC3)n21. The highest BCUT2D eigenvalue weighted by Crippen LogP contribution is 2.47. The Morgan fingerprint density at radius 1 is 1.00 bits per heavy atom. The summed E-state index contributed by atoms with van der Waals surface area (Å²) in [7, 11) is 0. The highest BCUT2D eigenvalue weighted by molar-refractivity contribution is 6.35. The number of hydrogen-bond acceptors (Lipinski definition) is 7. The monoisotopic (exact) mass is 700 g/mol. The van der Waals surface area contributed by atoms with Crippen molar-refractivity contribution in [2.75, 3.05) is 4.90 Å². The molecular weight excluding hydrogens is 674 g/mol. The number of halogens is 3. The van der Waals surface area contributed by atoms with Gasteiger partial charge in [0.2, 0.25) is 17.8 Å². The first-order valence-corrected chi connectivity index (χ1v) is 16.0. The van der Waals surface area contributed by atoms with Gasteiger partial charge in [-0.1, -0.05) is 35.3 Å². The molecular formula is C34H27Cl2FN8O4. The van der Waals surface area contributed by atoms with Gasteiger partial charge in [-0.25, -0.2) is 14.3 Å². The van der Waals surface area contributed by atoms with Gasteiger partial charge < -0.3 is 16.4 Å². The second-order valence-corrected chi connectivity index (χ2v) is 13.6. The number of nitrogens with one attached hydrogen (secondary N) is 2. The largest absolute Gasteiger partial charge is 0.366 e. The number of hydrogen-bond donors (Lipinski definition) is 3. The van der Waals surface area contributed by atoms with Crippen LogP contribution in [0.15, 0.2) is 60.9 Å². The molecule has 2 aliphatic carbocycles. The van der Waals surface area contributed by atoms with Crippen molar-refractivity contribution in [3.05, 3.63) is 105 Å². The zero-order chi connectivity index (χ0) is 34.9. The number of nitrogens with zero attached hydrogens (tertiary/aromatic N) is 5. The van der Waals surface area contributed by atoms with E-state index in [-0.39, 0.29) is 45.3 Å². The number of rotatable bonds is 9. The summed E-state index contributed by atoms with van der Waals surface area (Å²) in [6, 6.07) is 14.5. The molecule has 15 heteroatoms. The van der Waals surface area contributed by atoms with E-state index in [4.69, 9.17) is 28.9 Å². The smallest absolute Gasteiger partial charge is 0.270 e. The summed E-state index contributed by atoms with van der Waals surface area (Å²) in [5.74, 6) is -2.88. The van der Waals surface area contributed by atoms with E-state index in [1.165, 1.54) is 34.0 Å². The predicted octanol–water partition coefficient (Wildman–Crippen LogP) is 4.40. The number of nitrogens with two attached hydrogens (primary N) is 1. The second kappa shape index (κ2) is 11.4. The highest BCUT2D eigenvalue weighted by atomic mass is 35.5. The summed E-state index contributed by atoms with van der Waals surface area (Å²) in [5.41, 5.74) is 4.11. The molecule has 2 saturated carbocycles. The minimum atomic E-state index is -1.43. The van der Waals surface area contributed by atoms with E-state index in [2.05, 4.69) is 26.7 Å². The first-order valence-electron chi connectivity index (χ1n) is 15.3. The average molecular weight is 702 g/mol. The van der Waals surface area contributed by atoms with Crippen LogP contribution in [0.4, 0.5) is 16.0 Å². The van der Waals surface area contributed by atoms with Gasteiger partial charge in [-0.2, -0.15) is 5.26 Å². The van der Waals surface area contributed by atoms with Crippen molar-refractivity contribution >= 4 is 58.5 Å². The van der Waals surface area contributed by atoms with Crippen molar-refractivity contribution in [3.63, 3.8) is 0 Å². The van der Waals surface area contributed by atoms with Crippen LogP contribution in [0.2, 0.25) is 10.0 Å². The van der Waals surface area contributed by atoms with Crippen LogP contribution >= 0.6 is 23.2 Å². The van der Waals surface area contributed by atoms with Crippen LogP contribution in [0.5, 0.6) is 0 Å². The Hall–Kier alpha value is -5.32. The van der Waals surface area contributed by atoms with Crippen LogP contribution in [-0.2, 0) is 27.1 Å². The predicted molar refractivity (Wildman–Crippen MR) is 176 cm³/mol. The Morgan fingerprint density at radius 3 is 2.22 bits per heavy atom. The van der Waals surface area contributed by atoms with Crippen LogP contribution in [0.3, 0.4) is 0 Å². The Bertz CT molecular complexity index is 2100. The Balaban J connectivity index is 1.20. The molecule has 7 rings (SSSR count). The van der Waals surface area contributed by atoms with Crippen LogP contribution in [-0.4, -0.2) is 43.7 Å². The Kier molecular flexibility index (Phi) is 7.49. The fourth-order valence-corrected chi connectivity index (χ4v) is 6.75. The molecule has 3 aliphatic rings. The molecule has 4 aromatic rings. The third-order valence-corrected chi connectivity index (χ3v) is 9.92. The van der Waals surface area contributed by atoms with Gasteiger partial charge in [-0.3, -0.25) is 28.7 Å². The molecule has 0 saturated heterocycles. The number of carbonyl (C=O) groups excluding carboxylic acids is 4. The molecule has 0 unspecified atom stereocenters. The number of nitriles is 1. The Labute approximate surface area is 289 Å². The van der Waals surface area contributed by atoms with E-state index in [1.807, 2.05) is 0 Å². The molecule has 4 amide bonds. The standard InChI is InChI=1S/C34H27Cl2FN8O4/c1-32(14-18-2-4-19(15-38)5-3-18)30(49)44(21-12-22(35)26(37)23(36)13-21)31-41-17-24(45(31)32)28(47)42-34(10-11-34)29(48)43-33(8-9-33)25-7-6-20(16-40-25)27(39)46/h2-7,12-13,16-17H,8-11,14H2,1H3,(H2,39,46)(H,42,47)(H,43,48)/t32-/m1/s1. The number of amides is 4. The van der Waals surface area contributed by atoms with Gasteiger partial charge in [0.05, 0.1) is 50.4 Å². The van der Waals surface area contributed by atoms with Crippen molar-refractivity contribution < 1.29 is 23.6 Å². The van der Waals surface area contributed by atoms with E-state index in [9.17, 15) is 28.8 Å². The average Bonchev–Trinajstić information content (AvgIpc) is 3.99. The van der Waals surface area contributed by atoms with Gasteiger partial charge in [0.15, 0.2) is 5.82 Å². The molecule has 0 radical (unpaired) electrons. The van der Waals surface area contributed by atoms with Crippen molar-refractivity contribution in [2.45, 2.75) is 55.6 Å². The van der Waals surface area contributed by atoms with E-state index in [0.29, 0.717) is 42.5 Å². The molecule has 0 bridgehead atoms. The van der Waals surface area contributed by atoms with Gasteiger partial charge in [-0.15, -0.1) is 0 Å². The summed E-state index contributed by atoms with van der Waals surface area (Å²) in [6.07, 6.45) is 4.80. The lowest BCUT2D eigenvalue weighted by Crippen LogP contribution is -2.52. The number of aromatic nitrogens is 3. The fourth-order valence-electron chi connectivity index (χ4n) is 6.27. The molecule has 49 heavy (non-hydrogen) atoms. The number of primary amides is 1. The molecule has 12 nitrogen and oxygen atoms in total. The highest BCUT2D eigenvalue weighted by Gasteiger charge is 2.57. The summed E-state index contributed by atoms with van der Waals surface area (Å²) in [4.78, 5) is 63.5. The van der Waals surface area contributed by atoms with Gasteiger partial charge in [-0.05, 0) is 74.6 Å². The van der Waals surface area contributed by atoms with Crippen LogP contribution < -0.4 is 21.3 Å². The van der Waals surface area contributed by atoms with Crippen molar-refractivity contribution in [1.29, 1.82) is 5.26 Å². The van der Waals surface area contributed by atoms with E-state index in [0.717, 1.165) is 0 Å². The van der Waals surface area contributed by atoms with E-state index in [1.54, 1.807) is 43.3 Å². The van der Waals surface area contributed by atoms with E-state index < -0.39 is 40.2 Å². The maximum absolute atomic E-state index is 14.4. The summed E-state index contributed by atoms with van der Waals surface area (Å²) in [5, 5.41) is 14.6. The number of carbonyl (C=O) groups is 4. The zero-order valence-corrected chi connectivity index (χ0v) is 27.4. The van der Waals surface area contributed by atoms with Crippen LogP contribution in [0, 0.1) is 17.1 Å². The molecule has 1 aliphatic heterocycles. The van der Waals surface area contributed by atoms with Gasteiger partial charge in [0, 0.05) is 12.6 Å². The van der Waals surface area contributed by atoms with Gasteiger partial charge in [0.25, 0.3) is 11.8 Å². The maximum Gasteiger partial charge on any atom is 0.270 e. The lowest BCUT2D eigenvalue weighted by Gasteiger charge is -2.27. The molecule has 1 atom stereocenters. The van der Waals surface area contributed by atoms with Crippen LogP contribution in [0.25, 0.3) is 0 Å². The minimum absolute atomic E-state index is 0.0187. The number of pyridine rings is 1. The van der Waals surface area contributed by atoms with Crippen molar-refractivity contribution in [1.82, 2.24) is 25.2 Å². The second-order valence-electron chi connectivity index (χ2n) is 12.8. The Morgan fingerprint density at radius 2 is 1.67 bits per heavy atom. The molecule has 3 heterocycles. The number of anilines is 2. The molecule has 4 N–H and O–H groups in total. The number of benzene rings is 2. The quantitative estimate of drug-likeness (QED) is 0.217. The third kappa shape index (κ3) is 5.37. The first kappa shape index (κ1) is 32.2. The summed E-state index contributed by atoms with van der Waals surface area (Å²) >= 11 is 12.2. The van der Waals surface area contributed by atoms with Gasteiger partial charge in [0.1, 0.15) is 16.8 Å². The van der Waals surface area contributed by atoms with Crippen molar-refractivity contribution in [3.8, 4) is 6.07 Å².